The van der Waals surface area contributed by atoms with Crippen molar-refractivity contribution in [3.05, 3.63) is 40.8 Å². The van der Waals surface area contributed by atoms with Gasteiger partial charge in [0.05, 0.1) is 25.3 Å². The maximum Gasteiger partial charge on any atom is 0.328 e. The van der Waals surface area contributed by atoms with E-state index in [1.807, 2.05) is 0 Å². The maximum absolute atomic E-state index is 12.1. The molecule has 0 aliphatic heterocycles. The molecule has 0 fully saturated rings. The molecule has 0 unspecified atom stereocenters. The van der Waals surface area contributed by atoms with Gasteiger partial charge < -0.3 is 19.5 Å². The summed E-state index contributed by atoms with van der Waals surface area (Å²) in [6.45, 7) is 0. The van der Waals surface area contributed by atoms with Crippen molar-refractivity contribution in [2.24, 2.45) is 0 Å². The van der Waals surface area contributed by atoms with Gasteiger partial charge in [-0.25, -0.2) is 9.78 Å². The number of carbonyl (C=O) groups is 2. The predicted molar refractivity (Wildman–Crippen MR) is 72.0 cm³/mol. The molecule has 2 N–H and O–H groups in total. The third-order valence-corrected chi connectivity index (χ3v) is 3.25. The highest BCUT2D eigenvalue weighted by atomic mass is 79.9. The Morgan fingerprint density at radius 1 is 1.60 bits per heavy atom. The number of ether oxygens (including phenoxy) is 1. The first-order valence-electron chi connectivity index (χ1n) is 5.70. The average Bonchev–Trinajstić information content (AvgIpc) is 3.08. The van der Waals surface area contributed by atoms with Gasteiger partial charge in [-0.3, -0.25) is 4.79 Å². The molecule has 2 rings (SSSR count). The van der Waals surface area contributed by atoms with Crippen molar-refractivity contribution in [2.75, 3.05) is 7.11 Å². The minimum Gasteiger partial charge on any atom is -0.467 e. The number of nitrogens with one attached hydrogen (secondary N) is 2. The zero-order valence-electron chi connectivity index (χ0n) is 10.6. The van der Waals surface area contributed by atoms with E-state index >= 15 is 0 Å². The minimum absolute atomic E-state index is 0.258. The van der Waals surface area contributed by atoms with E-state index < -0.39 is 17.9 Å². The number of furan rings is 1. The molecular formula is C12H12BrN3O4. The Kier molecular flexibility index (Phi) is 4.57. The van der Waals surface area contributed by atoms with Crippen molar-refractivity contribution >= 4 is 27.8 Å². The molecule has 106 valence electrons. The van der Waals surface area contributed by atoms with Crippen molar-refractivity contribution in [1.82, 2.24) is 15.3 Å². The molecule has 0 aliphatic carbocycles. The minimum atomic E-state index is -0.810. The van der Waals surface area contributed by atoms with Gasteiger partial charge >= 0.3 is 5.97 Å². The number of rotatable bonds is 5. The van der Waals surface area contributed by atoms with Crippen LogP contribution in [0.1, 0.15) is 16.1 Å². The number of imidazole rings is 1. The Morgan fingerprint density at radius 2 is 2.40 bits per heavy atom. The Balaban J connectivity index is 2.10. The monoisotopic (exact) mass is 341 g/mol. The summed E-state index contributed by atoms with van der Waals surface area (Å²) in [4.78, 5) is 30.5. The van der Waals surface area contributed by atoms with Crippen LogP contribution in [0.4, 0.5) is 0 Å². The maximum atomic E-state index is 12.1. The lowest BCUT2D eigenvalue weighted by atomic mass is 10.1. The van der Waals surface area contributed by atoms with Gasteiger partial charge in [0.2, 0.25) is 0 Å². The van der Waals surface area contributed by atoms with Gasteiger partial charge in [0.15, 0.2) is 4.67 Å². The lowest BCUT2D eigenvalue weighted by molar-refractivity contribution is -0.142. The Morgan fingerprint density at radius 3 is 2.95 bits per heavy atom. The van der Waals surface area contributed by atoms with E-state index in [1.54, 1.807) is 6.20 Å². The second-order valence-corrected chi connectivity index (χ2v) is 4.66. The number of esters is 1. The number of methoxy groups -OCH3 is 1. The largest absolute Gasteiger partial charge is 0.467 e. The fraction of sp³-hybridized carbons (Fsp3) is 0.250. The molecule has 0 radical (unpaired) electrons. The highest BCUT2D eigenvalue weighted by Crippen LogP contribution is 2.17. The van der Waals surface area contributed by atoms with Gasteiger partial charge in [-0.2, -0.15) is 0 Å². The van der Waals surface area contributed by atoms with Crippen LogP contribution < -0.4 is 5.32 Å². The molecule has 1 atom stereocenters. The Hall–Kier alpha value is -2.09. The summed E-state index contributed by atoms with van der Waals surface area (Å²) in [5.74, 6) is -0.965. The van der Waals surface area contributed by atoms with Crippen LogP contribution in [-0.2, 0) is 16.0 Å². The molecule has 0 saturated heterocycles. The Bertz CT molecular complexity index is 594. The van der Waals surface area contributed by atoms with E-state index in [9.17, 15) is 9.59 Å². The first kappa shape index (κ1) is 14.3. The smallest absolute Gasteiger partial charge is 0.328 e. The number of carbonyl (C=O) groups excluding carboxylic acids is 2. The number of nitrogens with zero attached hydrogens (tertiary/aromatic N) is 1. The molecule has 0 aromatic carbocycles. The molecule has 2 heterocycles. The summed E-state index contributed by atoms with van der Waals surface area (Å²) in [5, 5.41) is 2.60. The number of hydrogen-bond donors (Lipinski definition) is 2. The fourth-order valence-electron chi connectivity index (χ4n) is 1.64. The molecule has 0 bridgehead atoms. The number of H-pyrrole nitrogens is 1. The lowest BCUT2D eigenvalue weighted by Gasteiger charge is -2.15. The highest BCUT2D eigenvalue weighted by molar-refractivity contribution is 9.10. The third kappa shape index (κ3) is 3.27. The van der Waals surface area contributed by atoms with E-state index in [0.29, 0.717) is 15.9 Å². The number of aromatic nitrogens is 2. The SMILES string of the molecule is COC(=O)[C@H](Cc1cnc[nH]1)NC(=O)c1ccoc1Br. The summed E-state index contributed by atoms with van der Waals surface area (Å²) >= 11 is 3.11. The van der Waals surface area contributed by atoms with Crippen LogP contribution >= 0.6 is 15.9 Å². The summed E-state index contributed by atoms with van der Waals surface area (Å²) in [6, 6.07) is 0.694. The first-order chi connectivity index (χ1) is 9.61. The Labute approximate surface area is 122 Å². The van der Waals surface area contributed by atoms with Crippen molar-refractivity contribution in [3.8, 4) is 0 Å². The van der Waals surface area contributed by atoms with Crippen molar-refractivity contribution in [3.63, 3.8) is 0 Å². The molecule has 8 heteroatoms. The molecule has 2 aromatic heterocycles. The van der Waals surface area contributed by atoms with E-state index in [4.69, 9.17) is 4.42 Å². The molecular weight excluding hydrogens is 330 g/mol. The fourth-order valence-corrected chi connectivity index (χ4v) is 2.06. The zero-order valence-corrected chi connectivity index (χ0v) is 12.1. The molecule has 0 spiro atoms. The molecule has 7 nitrogen and oxygen atoms in total. The topological polar surface area (TPSA) is 97.2 Å². The van der Waals surface area contributed by atoms with Crippen LogP contribution in [0, 0.1) is 0 Å². The van der Waals surface area contributed by atoms with E-state index in [0.717, 1.165) is 0 Å². The molecule has 20 heavy (non-hydrogen) atoms. The number of aromatic amines is 1. The van der Waals surface area contributed by atoms with Crippen molar-refractivity contribution in [1.29, 1.82) is 0 Å². The molecule has 0 saturated carbocycles. The number of amides is 1. The average molecular weight is 342 g/mol. The second-order valence-electron chi connectivity index (χ2n) is 3.94. The highest BCUT2D eigenvalue weighted by Gasteiger charge is 2.24. The summed E-state index contributed by atoms with van der Waals surface area (Å²) in [5.41, 5.74) is 1.02. The van der Waals surface area contributed by atoms with Crippen LogP contribution in [0.25, 0.3) is 0 Å². The summed E-state index contributed by atoms with van der Waals surface area (Å²) in [7, 11) is 1.27. The van der Waals surface area contributed by atoms with Crippen molar-refractivity contribution in [2.45, 2.75) is 12.5 Å². The zero-order chi connectivity index (χ0) is 14.5. The van der Waals surface area contributed by atoms with Crippen LogP contribution in [-0.4, -0.2) is 35.0 Å². The third-order valence-electron chi connectivity index (χ3n) is 2.63. The van der Waals surface area contributed by atoms with E-state index in [1.165, 1.54) is 25.8 Å². The quantitative estimate of drug-likeness (QED) is 0.798. The standard InChI is InChI=1S/C12H12BrN3O4/c1-19-12(18)9(4-7-5-14-6-15-7)16-11(17)8-2-3-20-10(8)13/h2-3,5-6,9H,4H2,1H3,(H,14,15)(H,16,17)/t9-/m0/s1. The normalized spacial score (nSPS) is 11.9. The molecule has 0 aliphatic rings. The number of halogens is 1. The van der Waals surface area contributed by atoms with E-state index in [-0.39, 0.29) is 6.42 Å². The van der Waals surface area contributed by atoms with Gasteiger partial charge in [0.1, 0.15) is 6.04 Å². The van der Waals surface area contributed by atoms with Gasteiger partial charge in [0, 0.05) is 18.3 Å². The summed E-state index contributed by atoms with van der Waals surface area (Å²) < 4.78 is 9.98. The summed E-state index contributed by atoms with van der Waals surface area (Å²) in [6.07, 6.45) is 4.71. The number of hydrogen-bond acceptors (Lipinski definition) is 5. The van der Waals surface area contributed by atoms with Gasteiger partial charge in [-0.05, 0) is 22.0 Å². The van der Waals surface area contributed by atoms with Crippen LogP contribution in [0.5, 0.6) is 0 Å². The van der Waals surface area contributed by atoms with Crippen LogP contribution in [0.3, 0.4) is 0 Å². The van der Waals surface area contributed by atoms with Gasteiger partial charge in [0.25, 0.3) is 5.91 Å². The van der Waals surface area contributed by atoms with E-state index in [2.05, 4.69) is 36.0 Å². The molecule has 2 aromatic rings. The van der Waals surface area contributed by atoms with Gasteiger partial charge in [-0.15, -0.1) is 0 Å². The lowest BCUT2D eigenvalue weighted by Crippen LogP contribution is -2.43. The van der Waals surface area contributed by atoms with Crippen LogP contribution in [0.15, 0.2) is 33.9 Å². The second kappa shape index (κ2) is 6.38. The van der Waals surface area contributed by atoms with Crippen LogP contribution in [0.2, 0.25) is 0 Å². The first-order valence-corrected chi connectivity index (χ1v) is 6.50. The predicted octanol–water partition coefficient (Wildman–Crippen LogP) is 1.28. The molecule has 1 amide bonds. The van der Waals surface area contributed by atoms with Crippen molar-refractivity contribution < 1.29 is 18.7 Å². The van der Waals surface area contributed by atoms with Gasteiger partial charge in [-0.1, -0.05) is 0 Å².